The summed E-state index contributed by atoms with van der Waals surface area (Å²) in [5.41, 5.74) is -0.395. The normalized spacial score (nSPS) is 17.3. The van der Waals surface area contributed by atoms with E-state index in [-0.39, 0.29) is 11.5 Å². The van der Waals surface area contributed by atoms with Gasteiger partial charge in [0.1, 0.15) is 17.2 Å². The lowest BCUT2D eigenvalue weighted by atomic mass is 9.89. The van der Waals surface area contributed by atoms with Crippen LogP contribution in [0.4, 0.5) is 13.6 Å². The Bertz CT molecular complexity index is 516. The van der Waals surface area contributed by atoms with Crippen molar-refractivity contribution in [3.8, 4) is 0 Å². The summed E-state index contributed by atoms with van der Waals surface area (Å²) in [4.78, 5) is 13.2. The minimum atomic E-state index is -1.01. The lowest BCUT2D eigenvalue weighted by Gasteiger charge is -2.42. The first-order valence-electron chi connectivity index (χ1n) is 6.78. The van der Waals surface area contributed by atoms with E-state index in [9.17, 15) is 18.7 Å². The number of halogens is 2. The highest BCUT2D eigenvalue weighted by molar-refractivity contribution is 5.69. The molecule has 1 amide bonds. The molecular weight excluding hydrogens is 280 g/mol. The molecule has 1 aliphatic heterocycles. The number of carbonyl (C=O) groups excluding carboxylic acids is 1. The highest BCUT2D eigenvalue weighted by Gasteiger charge is 2.38. The summed E-state index contributed by atoms with van der Waals surface area (Å²) < 4.78 is 31.5. The molecule has 21 heavy (non-hydrogen) atoms. The van der Waals surface area contributed by atoms with E-state index < -0.39 is 29.4 Å². The fourth-order valence-corrected chi connectivity index (χ4v) is 2.21. The number of carbonyl (C=O) groups is 1. The number of nitrogens with zero attached hydrogens (tertiary/aromatic N) is 1. The Labute approximate surface area is 122 Å². The molecular formula is C15H19F2NO3. The zero-order valence-corrected chi connectivity index (χ0v) is 12.3. The van der Waals surface area contributed by atoms with Crippen LogP contribution in [0.3, 0.4) is 0 Å². The molecule has 1 heterocycles. The SMILES string of the molecule is CC(C)(C)OC(=O)N1CC(C(O)c2cc(F)cc(F)c2)C1. The Balaban J connectivity index is 1.93. The van der Waals surface area contributed by atoms with Gasteiger partial charge in [-0.1, -0.05) is 0 Å². The van der Waals surface area contributed by atoms with E-state index >= 15 is 0 Å². The van der Waals surface area contributed by atoms with Crippen LogP contribution < -0.4 is 0 Å². The second-order valence-corrected chi connectivity index (χ2v) is 6.29. The maximum atomic E-state index is 13.1. The average molecular weight is 299 g/mol. The number of benzene rings is 1. The van der Waals surface area contributed by atoms with Gasteiger partial charge in [-0.05, 0) is 38.5 Å². The van der Waals surface area contributed by atoms with Gasteiger partial charge in [0.15, 0.2) is 0 Å². The fourth-order valence-electron chi connectivity index (χ4n) is 2.21. The molecule has 1 aliphatic rings. The van der Waals surface area contributed by atoms with Gasteiger partial charge in [-0.3, -0.25) is 0 Å². The summed E-state index contributed by atoms with van der Waals surface area (Å²) in [7, 11) is 0. The average Bonchev–Trinajstić information content (AvgIpc) is 2.22. The van der Waals surface area contributed by atoms with Crippen LogP contribution in [-0.2, 0) is 4.74 Å². The van der Waals surface area contributed by atoms with Gasteiger partial charge >= 0.3 is 6.09 Å². The van der Waals surface area contributed by atoms with Crippen molar-refractivity contribution in [2.24, 2.45) is 5.92 Å². The number of aliphatic hydroxyl groups is 1. The fraction of sp³-hybridized carbons (Fsp3) is 0.533. The molecule has 1 N–H and O–H groups in total. The summed E-state index contributed by atoms with van der Waals surface area (Å²) >= 11 is 0. The van der Waals surface area contributed by atoms with Crippen LogP contribution in [0.25, 0.3) is 0 Å². The van der Waals surface area contributed by atoms with Gasteiger partial charge in [0.2, 0.25) is 0 Å². The van der Waals surface area contributed by atoms with Gasteiger partial charge in [-0.2, -0.15) is 0 Å². The van der Waals surface area contributed by atoms with Crippen LogP contribution in [0.15, 0.2) is 18.2 Å². The number of ether oxygens (including phenoxy) is 1. The third-order valence-corrected chi connectivity index (χ3v) is 3.23. The van der Waals surface area contributed by atoms with Crippen LogP contribution in [0.1, 0.15) is 32.4 Å². The summed E-state index contributed by atoms with van der Waals surface area (Å²) in [6.07, 6.45) is -1.45. The molecule has 4 nitrogen and oxygen atoms in total. The zero-order valence-electron chi connectivity index (χ0n) is 12.3. The smallest absolute Gasteiger partial charge is 0.410 e. The van der Waals surface area contributed by atoms with E-state index in [2.05, 4.69) is 0 Å². The number of aliphatic hydroxyl groups excluding tert-OH is 1. The molecule has 1 atom stereocenters. The van der Waals surface area contributed by atoms with Crippen LogP contribution in [-0.4, -0.2) is 34.8 Å². The lowest BCUT2D eigenvalue weighted by Crippen LogP contribution is -2.53. The van der Waals surface area contributed by atoms with Crippen LogP contribution >= 0.6 is 0 Å². The highest BCUT2D eigenvalue weighted by atomic mass is 19.1. The molecule has 1 unspecified atom stereocenters. The Hall–Kier alpha value is -1.69. The maximum Gasteiger partial charge on any atom is 0.410 e. The molecule has 0 bridgehead atoms. The largest absolute Gasteiger partial charge is 0.444 e. The minimum absolute atomic E-state index is 0.182. The maximum absolute atomic E-state index is 13.1. The summed E-state index contributed by atoms with van der Waals surface area (Å²) in [6.45, 7) is 5.91. The first-order valence-corrected chi connectivity index (χ1v) is 6.78. The van der Waals surface area contributed by atoms with E-state index in [1.54, 1.807) is 20.8 Å². The quantitative estimate of drug-likeness (QED) is 0.913. The lowest BCUT2D eigenvalue weighted by molar-refractivity contribution is -0.0315. The Morgan fingerprint density at radius 2 is 1.81 bits per heavy atom. The standard InChI is InChI=1S/C15H19F2NO3/c1-15(2,3)21-14(20)18-7-10(8-18)13(19)9-4-11(16)6-12(17)5-9/h4-6,10,13,19H,7-8H2,1-3H3. The molecule has 0 saturated carbocycles. The van der Waals surface area contributed by atoms with Crippen molar-refractivity contribution in [2.45, 2.75) is 32.5 Å². The molecule has 0 radical (unpaired) electrons. The molecule has 2 rings (SSSR count). The second-order valence-electron chi connectivity index (χ2n) is 6.29. The number of hydrogen-bond donors (Lipinski definition) is 1. The number of amides is 1. The van der Waals surface area contributed by atoms with Crippen molar-refractivity contribution in [1.29, 1.82) is 0 Å². The minimum Gasteiger partial charge on any atom is -0.444 e. The Morgan fingerprint density at radius 1 is 1.29 bits per heavy atom. The predicted octanol–water partition coefficient (Wildman–Crippen LogP) is 2.87. The van der Waals surface area contributed by atoms with Crippen molar-refractivity contribution in [2.75, 3.05) is 13.1 Å². The molecule has 0 aliphatic carbocycles. The van der Waals surface area contributed by atoms with E-state index in [0.29, 0.717) is 13.1 Å². The first kappa shape index (κ1) is 15.7. The Kier molecular flexibility index (Phi) is 4.18. The summed E-state index contributed by atoms with van der Waals surface area (Å²) in [5.74, 6) is -1.71. The van der Waals surface area contributed by atoms with Crippen LogP contribution in [0, 0.1) is 17.6 Å². The highest BCUT2D eigenvalue weighted by Crippen LogP contribution is 2.31. The van der Waals surface area contributed by atoms with Gasteiger partial charge in [0.25, 0.3) is 0 Å². The van der Waals surface area contributed by atoms with Crippen molar-refractivity contribution < 1.29 is 23.4 Å². The molecule has 1 saturated heterocycles. The van der Waals surface area contributed by atoms with Gasteiger partial charge in [-0.25, -0.2) is 13.6 Å². The van der Waals surface area contributed by atoms with E-state index in [0.717, 1.165) is 18.2 Å². The van der Waals surface area contributed by atoms with Gasteiger partial charge in [0.05, 0.1) is 6.10 Å². The van der Waals surface area contributed by atoms with Gasteiger partial charge in [0, 0.05) is 25.1 Å². The van der Waals surface area contributed by atoms with Crippen molar-refractivity contribution in [3.05, 3.63) is 35.4 Å². The molecule has 0 spiro atoms. The third-order valence-electron chi connectivity index (χ3n) is 3.23. The second kappa shape index (κ2) is 5.60. The summed E-state index contributed by atoms with van der Waals surface area (Å²) in [6, 6.07) is 2.96. The molecule has 1 aromatic carbocycles. The first-order chi connectivity index (χ1) is 9.65. The summed E-state index contributed by atoms with van der Waals surface area (Å²) in [5, 5.41) is 10.1. The van der Waals surface area contributed by atoms with Crippen molar-refractivity contribution in [1.82, 2.24) is 4.90 Å². The van der Waals surface area contributed by atoms with Gasteiger partial charge in [-0.15, -0.1) is 0 Å². The van der Waals surface area contributed by atoms with Crippen LogP contribution in [0.5, 0.6) is 0 Å². The predicted molar refractivity (Wildman–Crippen MR) is 72.6 cm³/mol. The molecule has 1 fully saturated rings. The number of rotatable bonds is 2. The number of hydrogen-bond acceptors (Lipinski definition) is 3. The molecule has 0 aromatic heterocycles. The third kappa shape index (κ3) is 3.91. The van der Waals surface area contributed by atoms with E-state index in [1.807, 2.05) is 0 Å². The van der Waals surface area contributed by atoms with Crippen molar-refractivity contribution in [3.63, 3.8) is 0 Å². The molecule has 1 aromatic rings. The molecule has 116 valence electrons. The monoisotopic (exact) mass is 299 g/mol. The topological polar surface area (TPSA) is 49.8 Å². The Morgan fingerprint density at radius 3 is 2.29 bits per heavy atom. The van der Waals surface area contributed by atoms with Crippen molar-refractivity contribution >= 4 is 6.09 Å². The number of likely N-dealkylation sites (tertiary alicyclic amines) is 1. The van der Waals surface area contributed by atoms with E-state index in [1.165, 1.54) is 4.90 Å². The van der Waals surface area contributed by atoms with E-state index in [4.69, 9.17) is 4.74 Å². The zero-order chi connectivity index (χ0) is 15.8. The van der Waals surface area contributed by atoms with Crippen LogP contribution in [0.2, 0.25) is 0 Å². The molecule has 6 heteroatoms. The van der Waals surface area contributed by atoms with Gasteiger partial charge < -0.3 is 14.7 Å².